The Morgan fingerprint density at radius 1 is 1.44 bits per heavy atom. The first-order valence-electron chi connectivity index (χ1n) is 7.70. The summed E-state index contributed by atoms with van der Waals surface area (Å²) in [5.41, 5.74) is 0.621. The highest BCUT2D eigenvalue weighted by molar-refractivity contribution is 7.98. The third-order valence-corrected chi connectivity index (χ3v) is 5.55. The molecule has 0 aromatic carbocycles. The number of H-pyrrole nitrogens is 1. The molecule has 0 atom stereocenters. The van der Waals surface area contributed by atoms with E-state index in [1.165, 1.54) is 23.1 Å². The smallest absolute Gasteiger partial charge is 0.260 e. The minimum absolute atomic E-state index is 0.154. The molecule has 4 aromatic heterocycles. The first-order valence-corrected chi connectivity index (χ1v) is 9.56. The highest BCUT2D eigenvalue weighted by atomic mass is 32.2. The fraction of sp³-hybridized carbons (Fsp3) is 0.250. The second kappa shape index (κ2) is 6.49. The van der Waals surface area contributed by atoms with Gasteiger partial charge in [0.2, 0.25) is 0 Å². The van der Waals surface area contributed by atoms with E-state index in [0.717, 1.165) is 10.7 Å². The topological polar surface area (TPSA) is 89.6 Å². The number of hydrogen-bond donors (Lipinski definition) is 1. The standard InChI is InChI=1S/C16H15N5O2S2/c1-9(2)21-8-17-20-16(21)25-7-12-18-14(22)13-10(6-24-15(13)19-12)11-4-3-5-23-11/h3-6,8-9H,7H2,1-2H3,(H,18,19,22). The van der Waals surface area contributed by atoms with Crippen LogP contribution in [0.4, 0.5) is 0 Å². The summed E-state index contributed by atoms with van der Waals surface area (Å²) in [4.78, 5) is 20.7. The lowest BCUT2D eigenvalue weighted by atomic mass is 10.2. The van der Waals surface area contributed by atoms with Crippen LogP contribution in [0.15, 0.2) is 44.5 Å². The molecule has 4 rings (SSSR count). The van der Waals surface area contributed by atoms with Gasteiger partial charge in [-0.05, 0) is 26.0 Å². The maximum absolute atomic E-state index is 12.5. The minimum atomic E-state index is -0.154. The van der Waals surface area contributed by atoms with Gasteiger partial charge in [0.25, 0.3) is 5.56 Å². The van der Waals surface area contributed by atoms with Crippen molar-refractivity contribution in [2.45, 2.75) is 30.8 Å². The van der Waals surface area contributed by atoms with Crippen molar-refractivity contribution in [3.8, 4) is 11.3 Å². The van der Waals surface area contributed by atoms with Gasteiger partial charge in [0, 0.05) is 17.0 Å². The van der Waals surface area contributed by atoms with Gasteiger partial charge in [-0.3, -0.25) is 4.79 Å². The maximum atomic E-state index is 12.5. The molecule has 1 N–H and O–H groups in total. The average Bonchev–Trinajstić information content (AvgIpc) is 3.31. The summed E-state index contributed by atoms with van der Waals surface area (Å²) in [5, 5.41) is 11.3. The van der Waals surface area contributed by atoms with E-state index in [2.05, 4.69) is 34.0 Å². The number of nitrogens with one attached hydrogen (secondary N) is 1. The number of rotatable bonds is 5. The Labute approximate surface area is 151 Å². The van der Waals surface area contributed by atoms with Gasteiger partial charge in [-0.2, -0.15) is 0 Å². The zero-order valence-electron chi connectivity index (χ0n) is 13.6. The Kier molecular flexibility index (Phi) is 4.18. The molecule has 0 fully saturated rings. The number of fused-ring (bicyclic) bond motifs is 1. The van der Waals surface area contributed by atoms with E-state index in [0.29, 0.717) is 27.6 Å². The second-order valence-corrected chi connectivity index (χ2v) is 7.52. The molecule has 0 radical (unpaired) electrons. The summed E-state index contributed by atoms with van der Waals surface area (Å²) in [6.07, 6.45) is 3.30. The summed E-state index contributed by atoms with van der Waals surface area (Å²) < 4.78 is 7.39. The predicted molar refractivity (Wildman–Crippen MR) is 97.9 cm³/mol. The molecule has 9 heteroatoms. The van der Waals surface area contributed by atoms with Crippen LogP contribution >= 0.6 is 23.1 Å². The minimum Gasteiger partial charge on any atom is -0.464 e. The molecule has 0 spiro atoms. The average molecular weight is 373 g/mol. The molecule has 0 aliphatic heterocycles. The number of nitrogens with zero attached hydrogens (tertiary/aromatic N) is 4. The maximum Gasteiger partial charge on any atom is 0.260 e. The van der Waals surface area contributed by atoms with Crippen LogP contribution in [-0.4, -0.2) is 24.7 Å². The highest BCUT2D eigenvalue weighted by Gasteiger charge is 2.15. The molecule has 0 bridgehead atoms. The van der Waals surface area contributed by atoms with Gasteiger partial charge in [0.15, 0.2) is 5.16 Å². The largest absolute Gasteiger partial charge is 0.464 e. The molecular formula is C16H15N5O2S2. The van der Waals surface area contributed by atoms with Gasteiger partial charge >= 0.3 is 0 Å². The van der Waals surface area contributed by atoms with Crippen LogP contribution in [0.5, 0.6) is 0 Å². The van der Waals surface area contributed by atoms with Gasteiger partial charge < -0.3 is 14.0 Å². The Morgan fingerprint density at radius 2 is 2.32 bits per heavy atom. The lowest BCUT2D eigenvalue weighted by molar-refractivity contribution is 0.549. The van der Waals surface area contributed by atoms with Crippen LogP contribution in [0.2, 0.25) is 0 Å². The number of thioether (sulfide) groups is 1. The van der Waals surface area contributed by atoms with Gasteiger partial charge in [0.05, 0.1) is 17.4 Å². The number of thiophene rings is 1. The summed E-state index contributed by atoms with van der Waals surface area (Å²) in [6, 6.07) is 3.92. The van der Waals surface area contributed by atoms with Gasteiger partial charge in [0.1, 0.15) is 22.7 Å². The lowest BCUT2D eigenvalue weighted by Crippen LogP contribution is -2.11. The molecular weight excluding hydrogens is 358 g/mol. The summed E-state index contributed by atoms with van der Waals surface area (Å²) in [6.45, 7) is 4.14. The van der Waals surface area contributed by atoms with Crippen LogP contribution in [0.3, 0.4) is 0 Å². The first kappa shape index (κ1) is 16.1. The monoisotopic (exact) mass is 373 g/mol. The summed E-state index contributed by atoms with van der Waals surface area (Å²) >= 11 is 2.94. The number of hydrogen-bond acceptors (Lipinski definition) is 7. The lowest BCUT2D eigenvalue weighted by Gasteiger charge is -2.08. The van der Waals surface area contributed by atoms with Crippen LogP contribution < -0.4 is 5.56 Å². The summed E-state index contributed by atoms with van der Waals surface area (Å²) in [5.74, 6) is 1.81. The van der Waals surface area contributed by atoms with Gasteiger partial charge in [-0.25, -0.2) is 4.98 Å². The molecule has 25 heavy (non-hydrogen) atoms. The molecule has 0 aliphatic rings. The Balaban J connectivity index is 1.64. The highest BCUT2D eigenvalue weighted by Crippen LogP contribution is 2.31. The van der Waals surface area contributed by atoms with E-state index in [9.17, 15) is 4.79 Å². The molecule has 0 amide bonds. The molecule has 0 unspecified atom stereocenters. The number of aromatic nitrogens is 5. The molecule has 0 aliphatic carbocycles. The third kappa shape index (κ3) is 3.00. The van der Waals surface area contributed by atoms with Gasteiger partial charge in [-0.15, -0.1) is 21.5 Å². The van der Waals surface area contributed by atoms with E-state index >= 15 is 0 Å². The van der Waals surface area contributed by atoms with Crippen LogP contribution in [-0.2, 0) is 5.75 Å². The first-order chi connectivity index (χ1) is 12.1. The predicted octanol–water partition coefficient (Wildman–Crippen LogP) is 3.71. The van der Waals surface area contributed by atoms with Crippen LogP contribution in [0.25, 0.3) is 21.5 Å². The second-order valence-electron chi connectivity index (χ2n) is 5.72. The van der Waals surface area contributed by atoms with E-state index in [4.69, 9.17) is 4.42 Å². The summed E-state index contributed by atoms with van der Waals surface area (Å²) in [7, 11) is 0. The zero-order chi connectivity index (χ0) is 17.4. The normalized spacial score (nSPS) is 11.6. The van der Waals surface area contributed by atoms with Gasteiger partial charge in [-0.1, -0.05) is 11.8 Å². The fourth-order valence-electron chi connectivity index (χ4n) is 2.50. The van der Waals surface area contributed by atoms with Crippen molar-refractivity contribution in [1.82, 2.24) is 24.7 Å². The van der Waals surface area contributed by atoms with Crippen molar-refractivity contribution in [2.75, 3.05) is 0 Å². The van der Waals surface area contributed by atoms with Crippen molar-refractivity contribution < 1.29 is 4.42 Å². The number of aromatic amines is 1. The molecule has 0 saturated carbocycles. The quantitative estimate of drug-likeness (QED) is 0.536. The van der Waals surface area contributed by atoms with Crippen LogP contribution in [0.1, 0.15) is 25.7 Å². The third-order valence-electron chi connectivity index (χ3n) is 3.71. The van der Waals surface area contributed by atoms with Crippen molar-refractivity contribution >= 4 is 33.3 Å². The number of furan rings is 1. The molecule has 128 valence electrons. The molecule has 4 aromatic rings. The molecule has 0 saturated heterocycles. The van der Waals surface area contributed by atoms with Crippen molar-refractivity contribution in [2.24, 2.45) is 0 Å². The van der Waals surface area contributed by atoms with E-state index < -0.39 is 0 Å². The molecule has 7 nitrogen and oxygen atoms in total. The van der Waals surface area contributed by atoms with Crippen LogP contribution in [0, 0.1) is 0 Å². The van der Waals surface area contributed by atoms with E-state index in [1.807, 2.05) is 16.0 Å². The molecule has 4 heterocycles. The Hall–Kier alpha value is -2.39. The SMILES string of the molecule is CC(C)n1cnnc1SCc1nc2scc(-c3ccco3)c2c(=O)[nH]1. The fourth-order valence-corrected chi connectivity index (χ4v) is 4.36. The Bertz CT molecular complexity index is 1060. The zero-order valence-corrected chi connectivity index (χ0v) is 15.2. The Morgan fingerprint density at radius 3 is 3.08 bits per heavy atom. The van der Waals surface area contributed by atoms with Crippen molar-refractivity contribution in [1.29, 1.82) is 0 Å². The van der Waals surface area contributed by atoms with Crippen molar-refractivity contribution in [3.05, 3.63) is 46.3 Å². The van der Waals surface area contributed by atoms with E-state index in [-0.39, 0.29) is 11.6 Å². The van der Waals surface area contributed by atoms with Crippen molar-refractivity contribution in [3.63, 3.8) is 0 Å². The van der Waals surface area contributed by atoms with E-state index in [1.54, 1.807) is 18.7 Å².